The van der Waals surface area contributed by atoms with Crippen molar-refractivity contribution < 1.29 is 14.3 Å². The standard InChI is InChI=1S/C18H22N2O3S2/c1-13(15-8-5-11-24-15)20-18(22)14-6-3-4-7-16(14)25-12-17(21)19-9-10-23-2/h3-8,11,13H,9-10,12H2,1-2H3,(H,19,21)(H,20,22). The number of thioether (sulfide) groups is 1. The first-order valence-electron chi connectivity index (χ1n) is 7.93. The highest BCUT2D eigenvalue weighted by atomic mass is 32.2. The van der Waals surface area contributed by atoms with Crippen LogP contribution in [0.25, 0.3) is 0 Å². The molecule has 5 nitrogen and oxygen atoms in total. The molecule has 0 bridgehead atoms. The van der Waals surface area contributed by atoms with E-state index < -0.39 is 0 Å². The van der Waals surface area contributed by atoms with Crippen LogP contribution in [0.2, 0.25) is 0 Å². The molecule has 0 spiro atoms. The number of carbonyl (C=O) groups is 2. The fourth-order valence-corrected chi connectivity index (χ4v) is 3.76. The molecule has 2 N–H and O–H groups in total. The minimum Gasteiger partial charge on any atom is -0.383 e. The highest BCUT2D eigenvalue weighted by Gasteiger charge is 2.16. The van der Waals surface area contributed by atoms with Crippen LogP contribution < -0.4 is 10.6 Å². The van der Waals surface area contributed by atoms with Gasteiger partial charge in [-0.1, -0.05) is 18.2 Å². The number of carbonyl (C=O) groups excluding carboxylic acids is 2. The van der Waals surface area contributed by atoms with E-state index in [1.54, 1.807) is 24.5 Å². The van der Waals surface area contributed by atoms with Crippen LogP contribution in [0.4, 0.5) is 0 Å². The molecule has 2 aromatic rings. The van der Waals surface area contributed by atoms with Crippen LogP contribution >= 0.6 is 23.1 Å². The number of rotatable bonds is 9. The van der Waals surface area contributed by atoms with Gasteiger partial charge in [0.1, 0.15) is 0 Å². The van der Waals surface area contributed by atoms with Crippen molar-refractivity contribution in [1.82, 2.24) is 10.6 Å². The van der Waals surface area contributed by atoms with Gasteiger partial charge >= 0.3 is 0 Å². The van der Waals surface area contributed by atoms with Gasteiger partial charge in [0.15, 0.2) is 0 Å². The van der Waals surface area contributed by atoms with Crippen LogP contribution in [0.15, 0.2) is 46.7 Å². The van der Waals surface area contributed by atoms with Crippen molar-refractivity contribution >= 4 is 34.9 Å². The number of methoxy groups -OCH3 is 1. The zero-order valence-electron chi connectivity index (χ0n) is 14.3. The average Bonchev–Trinajstić information content (AvgIpc) is 3.15. The molecule has 0 fully saturated rings. The summed E-state index contributed by atoms with van der Waals surface area (Å²) in [5.74, 6) is 0.0436. The molecule has 7 heteroatoms. The third-order valence-corrected chi connectivity index (χ3v) is 5.56. The summed E-state index contributed by atoms with van der Waals surface area (Å²) in [4.78, 5) is 26.3. The molecule has 2 rings (SSSR count). The molecule has 1 heterocycles. The summed E-state index contributed by atoms with van der Waals surface area (Å²) >= 11 is 2.97. The second-order valence-corrected chi connectivity index (χ2v) is 7.33. The van der Waals surface area contributed by atoms with Crippen molar-refractivity contribution in [2.45, 2.75) is 17.9 Å². The first kappa shape index (κ1) is 19.5. The van der Waals surface area contributed by atoms with Crippen molar-refractivity contribution in [2.75, 3.05) is 26.0 Å². The number of hydrogen-bond acceptors (Lipinski definition) is 5. The van der Waals surface area contributed by atoms with Crippen molar-refractivity contribution in [1.29, 1.82) is 0 Å². The van der Waals surface area contributed by atoms with Gasteiger partial charge in [-0.3, -0.25) is 9.59 Å². The van der Waals surface area contributed by atoms with Crippen molar-refractivity contribution in [3.05, 3.63) is 52.2 Å². The zero-order chi connectivity index (χ0) is 18.1. The molecule has 0 radical (unpaired) electrons. The lowest BCUT2D eigenvalue weighted by Gasteiger charge is -2.14. The molecule has 1 aromatic carbocycles. The molecule has 0 aliphatic rings. The van der Waals surface area contributed by atoms with E-state index in [1.165, 1.54) is 11.8 Å². The maximum absolute atomic E-state index is 12.6. The second-order valence-electron chi connectivity index (χ2n) is 5.34. The van der Waals surface area contributed by atoms with Crippen molar-refractivity contribution in [3.8, 4) is 0 Å². The topological polar surface area (TPSA) is 67.4 Å². The van der Waals surface area contributed by atoms with Gasteiger partial charge in [-0.15, -0.1) is 23.1 Å². The first-order chi connectivity index (χ1) is 12.1. The molecule has 0 aliphatic carbocycles. The van der Waals surface area contributed by atoms with E-state index in [0.29, 0.717) is 18.7 Å². The summed E-state index contributed by atoms with van der Waals surface area (Å²) in [6, 6.07) is 11.2. The maximum atomic E-state index is 12.6. The molecular weight excluding hydrogens is 356 g/mol. The molecule has 2 amide bonds. The van der Waals surface area contributed by atoms with Gasteiger partial charge in [-0.25, -0.2) is 0 Å². The van der Waals surface area contributed by atoms with Gasteiger partial charge in [-0.2, -0.15) is 0 Å². The van der Waals surface area contributed by atoms with E-state index in [-0.39, 0.29) is 23.6 Å². The summed E-state index contributed by atoms with van der Waals surface area (Å²) in [6.07, 6.45) is 0. The SMILES string of the molecule is COCCNC(=O)CSc1ccccc1C(=O)NC(C)c1cccs1. The van der Waals surface area contributed by atoms with Gasteiger partial charge < -0.3 is 15.4 Å². The Bertz CT molecular complexity index is 689. The van der Waals surface area contributed by atoms with Gasteiger partial charge in [0.2, 0.25) is 5.91 Å². The number of benzene rings is 1. The smallest absolute Gasteiger partial charge is 0.252 e. The van der Waals surface area contributed by atoms with Gasteiger partial charge in [0.05, 0.1) is 24.0 Å². The van der Waals surface area contributed by atoms with Crippen molar-refractivity contribution in [3.63, 3.8) is 0 Å². The summed E-state index contributed by atoms with van der Waals surface area (Å²) in [7, 11) is 1.59. The van der Waals surface area contributed by atoms with E-state index in [0.717, 1.165) is 9.77 Å². The lowest BCUT2D eigenvalue weighted by molar-refractivity contribution is -0.118. The Labute approximate surface area is 156 Å². The minimum absolute atomic E-state index is 0.0529. The third kappa shape index (κ3) is 6.19. The molecule has 0 aliphatic heterocycles. The number of thiophene rings is 1. The summed E-state index contributed by atoms with van der Waals surface area (Å²) in [5, 5.41) is 7.77. The van der Waals surface area contributed by atoms with E-state index >= 15 is 0 Å². The number of hydrogen-bond donors (Lipinski definition) is 2. The molecule has 0 saturated carbocycles. The Kier molecular flexibility index (Phi) is 7.97. The zero-order valence-corrected chi connectivity index (χ0v) is 15.9. The Hall–Kier alpha value is -1.83. The monoisotopic (exact) mass is 378 g/mol. The first-order valence-corrected chi connectivity index (χ1v) is 9.80. The predicted molar refractivity (Wildman–Crippen MR) is 102 cm³/mol. The fraction of sp³-hybridized carbons (Fsp3) is 0.333. The highest BCUT2D eigenvalue weighted by Crippen LogP contribution is 2.24. The molecular formula is C18H22N2O3S2. The predicted octanol–water partition coefficient (Wildman–Crippen LogP) is 3.09. The van der Waals surface area contributed by atoms with E-state index in [4.69, 9.17) is 4.74 Å². The lowest BCUT2D eigenvalue weighted by atomic mass is 10.2. The largest absolute Gasteiger partial charge is 0.383 e. The van der Waals surface area contributed by atoms with Gasteiger partial charge in [-0.05, 0) is 30.5 Å². The van der Waals surface area contributed by atoms with E-state index in [2.05, 4.69) is 10.6 Å². The number of nitrogens with one attached hydrogen (secondary N) is 2. The Morgan fingerprint density at radius 2 is 2.04 bits per heavy atom. The van der Waals surface area contributed by atoms with Gasteiger partial charge in [0, 0.05) is 23.4 Å². The Morgan fingerprint density at radius 3 is 2.76 bits per heavy atom. The molecule has 1 aromatic heterocycles. The summed E-state index contributed by atoms with van der Waals surface area (Å²) in [5.41, 5.74) is 0.584. The third-order valence-electron chi connectivity index (χ3n) is 3.44. The maximum Gasteiger partial charge on any atom is 0.252 e. The highest BCUT2D eigenvalue weighted by molar-refractivity contribution is 8.00. The summed E-state index contributed by atoms with van der Waals surface area (Å²) < 4.78 is 4.90. The molecule has 1 atom stereocenters. The fourth-order valence-electron chi connectivity index (χ4n) is 2.15. The van der Waals surface area contributed by atoms with Crippen LogP contribution in [0.3, 0.4) is 0 Å². The van der Waals surface area contributed by atoms with Crippen molar-refractivity contribution in [2.24, 2.45) is 0 Å². The Morgan fingerprint density at radius 1 is 1.24 bits per heavy atom. The number of ether oxygens (including phenoxy) is 1. The molecule has 0 saturated heterocycles. The molecule has 1 unspecified atom stereocenters. The quantitative estimate of drug-likeness (QED) is 0.520. The van der Waals surface area contributed by atoms with Crippen LogP contribution in [0, 0.1) is 0 Å². The van der Waals surface area contributed by atoms with Crippen LogP contribution in [0.1, 0.15) is 28.2 Å². The van der Waals surface area contributed by atoms with Gasteiger partial charge in [0.25, 0.3) is 5.91 Å². The molecule has 134 valence electrons. The summed E-state index contributed by atoms with van der Waals surface area (Å²) in [6.45, 7) is 2.93. The minimum atomic E-state index is -0.135. The number of amides is 2. The van der Waals surface area contributed by atoms with E-state index in [9.17, 15) is 9.59 Å². The molecule has 25 heavy (non-hydrogen) atoms. The Balaban J connectivity index is 1.95. The van der Waals surface area contributed by atoms with Crippen LogP contribution in [0.5, 0.6) is 0 Å². The second kappa shape index (κ2) is 10.2. The average molecular weight is 379 g/mol. The van der Waals surface area contributed by atoms with Crippen LogP contribution in [-0.4, -0.2) is 37.8 Å². The van der Waals surface area contributed by atoms with Crippen LogP contribution in [-0.2, 0) is 9.53 Å². The van der Waals surface area contributed by atoms with E-state index in [1.807, 2.05) is 42.6 Å². The normalized spacial score (nSPS) is 11.8. The lowest BCUT2D eigenvalue weighted by Crippen LogP contribution is -2.29.